The van der Waals surface area contributed by atoms with Crippen molar-refractivity contribution in [2.24, 2.45) is 0 Å². The normalized spacial score (nSPS) is 11.4. The van der Waals surface area contributed by atoms with Crippen molar-refractivity contribution in [1.82, 2.24) is 9.97 Å². The van der Waals surface area contributed by atoms with Crippen molar-refractivity contribution < 1.29 is 8.42 Å². The van der Waals surface area contributed by atoms with Gasteiger partial charge < -0.3 is 0 Å². The lowest BCUT2D eigenvalue weighted by molar-refractivity contribution is 0.599. The van der Waals surface area contributed by atoms with E-state index in [2.05, 4.69) is 30.6 Å². The molecule has 0 atom stereocenters. The quantitative estimate of drug-likeness (QED) is 0.790. The Balaban J connectivity index is 2.48. The smallest absolute Gasteiger partial charge is 0.233 e. The van der Waals surface area contributed by atoms with Crippen LogP contribution in [0.1, 0.15) is 13.3 Å². The van der Waals surface area contributed by atoms with Crippen LogP contribution in [0.2, 0.25) is 5.15 Å². The van der Waals surface area contributed by atoms with Crippen LogP contribution in [0.5, 0.6) is 0 Å². The van der Waals surface area contributed by atoms with E-state index < -0.39 is 10.0 Å². The molecule has 5 nitrogen and oxygen atoms in total. The van der Waals surface area contributed by atoms with Gasteiger partial charge in [-0.25, -0.2) is 18.4 Å². The molecule has 0 fully saturated rings. The summed E-state index contributed by atoms with van der Waals surface area (Å²) in [6.07, 6.45) is 1.75. The van der Waals surface area contributed by atoms with E-state index in [1.807, 2.05) is 24.3 Å². The number of benzene rings is 1. The van der Waals surface area contributed by atoms with Gasteiger partial charge in [-0.1, -0.05) is 46.6 Å². The van der Waals surface area contributed by atoms with Gasteiger partial charge in [0.15, 0.2) is 5.82 Å². The molecule has 2 aromatic rings. The first kappa shape index (κ1) is 16.2. The van der Waals surface area contributed by atoms with E-state index >= 15 is 0 Å². The van der Waals surface area contributed by atoms with Crippen LogP contribution in [0, 0.1) is 0 Å². The Morgan fingerprint density at radius 3 is 2.52 bits per heavy atom. The first-order valence-electron chi connectivity index (χ1n) is 6.20. The average Bonchev–Trinajstić information content (AvgIpc) is 2.40. The predicted molar refractivity (Wildman–Crippen MR) is 87.9 cm³/mol. The molecule has 0 saturated heterocycles. The van der Waals surface area contributed by atoms with Crippen molar-refractivity contribution in [2.45, 2.75) is 13.3 Å². The highest BCUT2D eigenvalue weighted by Gasteiger charge is 2.17. The lowest BCUT2D eigenvalue weighted by atomic mass is 10.1. The molecule has 0 aliphatic rings. The maximum atomic E-state index is 11.9. The Labute approximate surface area is 137 Å². The molecule has 0 amide bonds. The van der Waals surface area contributed by atoms with Gasteiger partial charge in [-0.15, -0.1) is 0 Å². The molecular formula is C13H13BrClN3O2S. The Morgan fingerprint density at radius 2 is 1.90 bits per heavy atom. The molecular weight excluding hydrogens is 378 g/mol. The van der Waals surface area contributed by atoms with Crippen molar-refractivity contribution >= 4 is 43.4 Å². The lowest BCUT2D eigenvalue weighted by Gasteiger charge is -2.12. The van der Waals surface area contributed by atoms with Gasteiger partial charge in [0.05, 0.1) is 11.3 Å². The van der Waals surface area contributed by atoms with Gasteiger partial charge in [0.25, 0.3) is 0 Å². The molecule has 0 saturated carbocycles. The number of hydrogen-bond donors (Lipinski definition) is 1. The number of nitrogens with zero attached hydrogens (tertiary/aromatic N) is 2. The molecule has 1 aromatic carbocycles. The van der Waals surface area contributed by atoms with Gasteiger partial charge in [0, 0.05) is 4.47 Å². The van der Waals surface area contributed by atoms with Gasteiger partial charge in [-0.05, 0) is 24.1 Å². The molecule has 21 heavy (non-hydrogen) atoms. The number of aromatic nitrogens is 2. The number of rotatable bonds is 5. The van der Waals surface area contributed by atoms with E-state index in [0.29, 0.717) is 12.0 Å². The third kappa shape index (κ3) is 4.15. The second-order valence-electron chi connectivity index (χ2n) is 4.32. The highest BCUT2D eigenvalue weighted by molar-refractivity contribution is 9.10. The number of anilines is 1. The summed E-state index contributed by atoms with van der Waals surface area (Å²) in [5.41, 5.74) is 1.20. The van der Waals surface area contributed by atoms with Crippen LogP contribution in [0.3, 0.4) is 0 Å². The van der Waals surface area contributed by atoms with Gasteiger partial charge in [0.1, 0.15) is 11.5 Å². The molecule has 112 valence electrons. The fourth-order valence-electron chi connectivity index (χ4n) is 1.78. The van der Waals surface area contributed by atoms with Crippen LogP contribution in [0.15, 0.2) is 35.1 Å². The first-order valence-corrected chi connectivity index (χ1v) is 9.02. The van der Waals surface area contributed by atoms with E-state index in [4.69, 9.17) is 11.6 Å². The van der Waals surface area contributed by atoms with Crippen LogP contribution >= 0.6 is 27.5 Å². The van der Waals surface area contributed by atoms with Gasteiger partial charge in [-0.2, -0.15) is 0 Å². The molecule has 1 N–H and O–H groups in total. The molecule has 0 radical (unpaired) electrons. The fourth-order valence-corrected chi connectivity index (χ4v) is 3.38. The second kappa shape index (κ2) is 6.72. The van der Waals surface area contributed by atoms with Gasteiger partial charge in [0.2, 0.25) is 10.0 Å². The largest absolute Gasteiger partial charge is 0.267 e. The van der Waals surface area contributed by atoms with E-state index in [9.17, 15) is 8.42 Å². The third-order valence-corrected chi connectivity index (χ3v) is 4.92. The van der Waals surface area contributed by atoms with Crippen molar-refractivity contribution in [3.05, 3.63) is 40.2 Å². The maximum absolute atomic E-state index is 11.9. The van der Waals surface area contributed by atoms with Crippen molar-refractivity contribution in [3.8, 4) is 11.1 Å². The number of hydrogen-bond acceptors (Lipinski definition) is 4. The standard InChI is InChI=1S/C13H13BrClN3O2S/c1-2-7-21(19,20)18-13-11(12(15)16-8-17-13)9-3-5-10(14)6-4-9/h3-6,8H,2,7H2,1H3,(H,16,17,18). The zero-order valence-electron chi connectivity index (χ0n) is 11.2. The van der Waals surface area contributed by atoms with Crippen molar-refractivity contribution in [3.63, 3.8) is 0 Å². The van der Waals surface area contributed by atoms with E-state index in [1.165, 1.54) is 6.33 Å². The summed E-state index contributed by atoms with van der Waals surface area (Å²) >= 11 is 9.46. The predicted octanol–water partition coefficient (Wildman–Crippen LogP) is 3.71. The summed E-state index contributed by atoms with van der Waals surface area (Å²) in [5.74, 6) is 0.208. The summed E-state index contributed by atoms with van der Waals surface area (Å²) in [7, 11) is -3.45. The summed E-state index contributed by atoms with van der Waals surface area (Å²) in [5, 5.41) is 0.196. The minimum Gasteiger partial charge on any atom is -0.267 e. The van der Waals surface area contributed by atoms with Crippen molar-refractivity contribution in [2.75, 3.05) is 10.5 Å². The van der Waals surface area contributed by atoms with E-state index in [-0.39, 0.29) is 16.7 Å². The first-order chi connectivity index (χ1) is 9.93. The minimum atomic E-state index is -3.45. The van der Waals surface area contributed by atoms with E-state index in [1.54, 1.807) is 6.92 Å². The number of nitrogens with one attached hydrogen (secondary N) is 1. The number of halogens is 2. The highest BCUT2D eigenvalue weighted by atomic mass is 79.9. The minimum absolute atomic E-state index is 0.0222. The van der Waals surface area contributed by atoms with Crippen LogP contribution < -0.4 is 4.72 Å². The Bertz CT molecular complexity index is 736. The highest BCUT2D eigenvalue weighted by Crippen LogP contribution is 2.33. The summed E-state index contributed by atoms with van der Waals surface area (Å²) < 4.78 is 27.2. The molecule has 0 bridgehead atoms. The Kier molecular flexibility index (Phi) is 5.18. The maximum Gasteiger partial charge on any atom is 0.233 e. The fraction of sp³-hybridized carbons (Fsp3) is 0.231. The molecule has 8 heteroatoms. The SMILES string of the molecule is CCCS(=O)(=O)Nc1ncnc(Cl)c1-c1ccc(Br)cc1. The number of sulfonamides is 1. The molecule has 2 rings (SSSR count). The van der Waals surface area contributed by atoms with Crippen LogP contribution in [0.4, 0.5) is 5.82 Å². The van der Waals surface area contributed by atoms with Gasteiger partial charge >= 0.3 is 0 Å². The van der Waals surface area contributed by atoms with Crippen LogP contribution in [-0.4, -0.2) is 24.1 Å². The second-order valence-corrected chi connectivity index (χ2v) is 7.43. The average molecular weight is 391 g/mol. The molecule has 0 unspecified atom stereocenters. The zero-order chi connectivity index (χ0) is 15.5. The van der Waals surface area contributed by atoms with E-state index in [0.717, 1.165) is 10.0 Å². The molecule has 0 aliphatic heterocycles. The molecule has 1 aromatic heterocycles. The monoisotopic (exact) mass is 389 g/mol. The molecule has 0 aliphatic carbocycles. The summed E-state index contributed by atoms with van der Waals surface area (Å²) in [4.78, 5) is 7.93. The summed E-state index contributed by atoms with van der Waals surface area (Å²) in [6.45, 7) is 1.79. The Hall–Kier alpha value is -1.18. The van der Waals surface area contributed by atoms with Gasteiger partial charge in [-0.3, -0.25) is 4.72 Å². The van der Waals surface area contributed by atoms with Crippen molar-refractivity contribution in [1.29, 1.82) is 0 Å². The summed E-state index contributed by atoms with van der Waals surface area (Å²) in [6, 6.07) is 7.30. The zero-order valence-corrected chi connectivity index (χ0v) is 14.3. The molecule has 1 heterocycles. The Morgan fingerprint density at radius 1 is 1.24 bits per heavy atom. The third-order valence-electron chi connectivity index (χ3n) is 2.66. The van der Waals surface area contributed by atoms with Crippen LogP contribution in [-0.2, 0) is 10.0 Å². The lowest BCUT2D eigenvalue weighted by Crippen LogP contribution is -2.17. The molecule has 0 spiro atoms. The topological polar surface area (TPSA) is 72.0 Å². The van der Waals surface area contributed by atoms with Crippen LogP contribution in [0.25, 0.3) is 11.1 Å².